The van der Waals surface area contributed by atoms with Crippen LogP contribution in [0.25, 0.3) is 5.52 Å². The number of aromatic nitrogens is 3. The third-order valence-electron chi connectivity index (χ3n) is 3.79. The minimum atomic E-state index is -3.92. The molecule has 0 saturated heterocycles. The summed E-state index contributed by atoms with van der Waals surface area (Å²) in [5, 5.41) is 4.24. The average Bonchev–Trinajstić information content (AvgIpc) is 3.04. The summed E-state index contributed by atoms with van der Waals surface area (Å²) in [7, 11) is -3.92. The Balaban J connectivity index is 2.10. The van der Waals surface area contributed by atoms with Crippen LogP contribution in [0.1, 0.15) is 19.7 Å². The van der Waals surface area contributed by atoms with Crippen LogP contribution in [0, 0.1) is 5.82 Å². The molecule has 25 heavy (non-hydrogen) atoms. The van der Waals surface area contributed by atoms with E-state index in [9.17, 15) is 17.6 Å². The van der Waals surface area contributed by atoms with Crippen molar-refractivity contribution in [2.45, 2.75) is 31.7 Å². The van der Waals surface area contributed by atoms with Crippen molar-refractivity contribution < 1.29 is 12.8 Å². The first-order valence-electron chi connectivity index (χ1n) is 7.76. The summed E-state index contributed by atoms with van der Waals surface area (Å²) in [5.41, 5.74) is 0.118. The van der Waals surface area contributed by atoms with Crippen LogP contribution in [-0.4, -0.2) is 22.6 Å². The van der Waals surface area contributed by atoms with Gasteiger partial charge in [0.1, 0.15) is 22.1 Å². The Morgan fingerprint density at radius 1 is 1.20 bits per heavy atom. The molecule has 1 N–H and O–H groups in total. The van der Waals surface area contributed by atoms with Crippen molar-refractivity contribution in [3.8, 4) is 0 Å². The van der Waals surface area contributed by atoms with Gasteiger partial charge in [-0.3, -0.25) is 13.9 Å². The maximum Gasteiger partial charge on any atom is 0.291 e. The van der Waals surface area contributed by atoms with E-state index >= 15 is 0 Å². The lowest BCUT2D eigenvalue weighted by Gasteiger charge is -2.06. The summed E-state index contributed by atoms with van der Waals surface area (Å²) in [5.74, 6) is 0.121. The zero-order valence-corrected chi connectivity index (χ0v) is 14.5. The highest BCUT2D eigenvalue weighted by Gasteiger charge is 2.20. The molecule has 132 valence electrons. The lowest BCUT2D eigenvalue weighted by Crippen LogP contribution is -2.26. The van der Waals surface area contributed by atoms with Crippen LogP contribution >= 0.6 is 0 Å². The molecular weight excluding hydrogens is 347 g/mol. The number of benzene rings is 1. The van der Waals surface area contributed by atoms with E-state index in [2.05, 4.69) is 9.82 Å². The van der Waals surface area contributed by atoms with E-state index in [1.807, 2.05) is 6.92 Å². The first-order chi connectivity index (χ1) is 11.9. The Bertz CT molecular complexity index is 1090. The largest absolute Gasteiger partial charge is 0.297 e. The quantitative estimate of drug-likeness (QED) is 0.750. The van der Waals surface area contributed by atoms with Gasteiger partial charge in [0.05, 0.1) is 0 Å². The lowest BCUT2D eigenvalue weighted by molar-refractivity contribution is 0.583. The number of aryl methyl sites for hydroxylation is 2. The molecule has 3 aromatic rings. The van der Waals surface area contributed by atoms with E-state index in [1.165, 1.54) is 33.5 Å². The van der Waals surface area contributed by atoms with Gasteiger partial charge in [-0.1, -0.05) is 6.92 Å². The molecule has 0 atom stereocenters. The molecule has 0 aliphatic heterocycles. The normalized spacial score (nSPS) is 11.8. The van der Waals surface area contributed by atoms with Gasteiger partial charge in [-0.2, -0.15) is 5.10 Å². The molecule has 2 aromatic heterocycles. The van der Waals surface area contributed by atoms with Crippen LogP contribution in [0.2, 0.25) is 0 Å². The number of hydrogen-bond donors (Lipinski definition) is 1. The van der Waals surface area contributed by atoms with Gasteiger partial charge in [0, 0.05) is 24.8 Å². The predicted molar refractivity (Wildman–Crippen MR) is 91.7 cm³/mol. The molecule has 1 aromatic carbocycles. The monoisotopic (exact) mass is 364 g/mol. The van der Waals surface area contributed by atoms with Gasteiger partial charge >= 0.3 is 0 Å². The fourth-order valence-corrected chi connectivity index (χ4v) is 3.59. The second kappa shape index (κ2) is 6.32. The first-order valence-corrected chi connectivity index (χ1v) is 9.24. The van der Waals surface area contributed by atoms with Gasteiger partial charge in [-0.15, -0.1) is 0 Å². The number of fused-ring (bicyclic) bond motifs is 1. The first kappa shape index (κ1) is 17.2. The predicted octanol–water partition coefficient (Wildman–Crippen LogP) is 2.02. The van der Waals surface area contributed by atoms with Gasteiger partial charge in [0.15, 0.2) is 0 Å². The number of anilines is 1. The summed E-state index contributed by atoms with van der Waals surface area (Å²) in [6, 6.07) is 6.29. The molecule has 0 fully saturated rings. The molecule has 9 heteroatoms. The van der Waals surface area contributed by atoms with Crippen molar-refractivity contribution >= 4 is 21.2 Å². The van der Waals surface area contributed by atoms with E-state index in [1.54, 1.807) is 6.92 Å². The van der Waals surface area contributed by atoms with Crippen molar-refractivity contribution in [1.29, 1.82) is 0 Å². The van der Waals surface area contributed by atoms with Gasteiger partial charge in [-0.25, -0.2) is 17.5 Å². The molecule has 3 rings (SSSR count). The Morgan fingerprint density at radius 2 is 1.88 bits per heavy atom. The van der Waals surface area contributed by atoms with Crippen LogP contribution in [0.3, 0.4) is 0 Å². The van der Waals surface area contributed by atoms with Gasteiger partial charge in [-0.05, 0) is 37.3 Å². The van der Waals surface area contributed by atoms with E-state index < -0.39 is 15.8 Å². The van der Waals surface area contributed by atoms with E-state index in [-0.39, 0.29) is 21.7 Å². The maximum absolute atomic E-state index is 13.0. The van der Waals surface area contributed by atoms with Crippen LogP contribution in [0.5, 0.6) is 0 Å². The maximum atomic E-state index is 13.0. The van der Waals surface area contributed by atoms with Crippen LogP contribution in [0.4, 0.5) is 10.1 Å². The fraction of sp³-hybridized carbons (Fsp3) is 0.250. The summed E-state index contributed by atoms with van der Waals surface area (Å²) < 4.78 is 43.3. The third-order valence-corrected chi connectivity index (χ3v) is 5.13. The Kier molecular flexibility index (Phi) is 4.34. The fourth-order valence-electron chi connectivity index (χ4n) is 2.52. The summed E-state index contributed by atoms with van der Waals surface area (Å²) in [4.78, 5) is 12.3. The zero-order chi connectivity index (χ0) is 18.2. The van der Waals surface area contributed by atoms with Crippen LogP contribution in [0.15, 0.2) is 46.2 Å². The molecule has 0 saturated carbocycles. The number of nitrogens with zero attached hydrogens (tertiary/aromatic N) is 3. The van der Waals surface area contributed by atoms with Crippen molar-refractivity contribution in [2.24, 2.45) is 0 Å². The molecule has 0 unspecified atom stereocenters. The Morgan fingerprint density at radius 3 is 2.48 bits per heavy atom. The number of sulfonamides is 1. The smallest absolute Gasteiger partial charge is 0.291 e. The highest BCUT2D eigenvalue weighted by atomic mass is 32.2. The minimum absolute atomic E-state index is 0.0562. The summed E-state index contributed by atoms with van der Waals surface area (Å²) >= 11 is 0. The number of nitrogens with one attached hydrogen (secondary N) is 1. The third kappa shape index (κ3) is 3.14. The highest BCUT2D eigenvalue weighted by molar-refractivity contribution is 7.92. The van der Waals surface area contributed by atoms with Gasteiger partial charge in [0.25, 0.3) is 15.6 Å². The molecule has 0 amide bonds. The SMILES string of the molecule is CCc1nn(CC)c(=O)c2cc(S(=O)(=O)Nc3ccc(F)cc3)cn12. The van der Waals surface area contributed by atoms with Gasteiger partial charge < -0.3 is 0 Å². The molecule has 7 nitrogen and oxygen atoms in total. The van der Waals surface area contributed by atoms with E-state index in [0.29, 0.717) is 18.8 Å². The number of rotatable bonds is 5. The summed E-state index contributed by atoms with van der Waals surface area (Å²) in [6.07, 6.45) is 1.91. The molecular formula is C16H17FN4O3S. The zero-order valence-electron chi connectivity index (χ0n) is 13.7. The number of hydrogen-bond acceptors (Lipinski definition) is 4. The van der Waals surface area contributed by atoms with Crippen LogP contribution in [-0.2, 0) is 23.0 Å². The average molecular weight is 364 g/mol. The number of halogens is 1. The van der Waals surface area contributed by atoms with Gasteiger partial charge in [0.2, 0.25) is 0 Å². The molecule has 0 bridgehead atoms. The molecule has 0 aliphatic carbocycles. The van der Waals surface area contributed by atoms with E-state index in [4.69, 9.17) is 0 Å². The molecule has 0 aliphatic rings. The Labute approximate surface area is 143 Å². The molecule has 0 spiro atoms. The van der Waals surface area contributed by atoms with Crippen molar-refractivity contribution in [3.63, 3.8) is 0 Å². The second-order valence-electron chi connectivity index (χ2n) is 5.43. The van der Waals surface area contributed by atoms with E-state index in [0.717, 1.165) is 12.1 Å². The topological polar surface area (TPSA) is 85.5 Å². The minimum Gasteiger partial charge on any atom is -0.297 e. The van der Waals surface area contributed by atoms with Crippen molar-refractivity contribution in [3.05, 3.63) is 58.5 Å². The Hall–Kier alpha value is -2.68. The molecule has 0 radical (unpaired) electrons. The standard InChI is InChI=1S/C16H17FN4O3S/c1-3-15-18-21(4-2)16(22)14-9-13(10-20(14)15)25(23,24)19-12-7-5-11(17)6-8-12/h5-10,19H,3-4H2,1-2H3. The lowest BCUT2D eigenvalue weighted by atomic mass is 10.3. The highest BCUT2D eigenvalue weighted by Crippen LogP contribution is 2.19. The second-order valence-corrected chi connectivity index (χ2v) is 7.12. The molecule has 2 heterocycles. The van der Waals surface area contributed by atoms with Crippen LogP contribution < -0.4 is 10.3 Å². The summed E-state index contributed by atoms with van der Waals surface area (Å²) in [6.45, 7) is 4.06. The van der Waals surface area contributed by atoms with Crippen molar-refractivity contribution in [2.75, 3.05) is 4.72 Å². The van der Waals surface area contributed by atoms with Crippen molar-refractivity contribution in [1.82, 2.24) is 14.2 Å².